The van der Waals surface area contributed by atoms with Gasteiger partial charge in [0.1, 0.15) is 0 Å². The molecule has 9 heteroatoms. The van der Waals surface area contributed by atoms with Crippen LogP contribution in [0.25, 0.3) is 16.9 Å². The van der Waals surface area contributed by atoms with E-state index >= 15 is 0 Å². The molecular weight excluding hydrogens is 391 g/mol. The highest BCUT2D eigenvalue weighted by Crippen LogP contribution is 2.33. The molecule has 0 aliphatic heterocycles. The van der Waals surface area contributed by atoms with Gasteiger partial charge in [-0.15, -0.1) is 0 Å². The lowest BCUT2D eigenvalue weighted by Crippen LogP contribution is -2.12. The Morgan fingerprint density at radius 3 is 1.96 bits per heavy atom. The number of benzene rings is 2. The van der Waals surface area contributed by atoms with Crippen LogP contribution in [0.15, 0.2) is 59.5 Å². The Morgan fingerprint density at radius 1 is 0.964 bits per heavy atom. The number of primary sulfonamides is 1. The van der Waals surface area contributed by atoms with Gasteiger partial charge in [-0.1, -0.05) is 43.7 Å². The summed E-state index contributed by atoms with van der Waals surface area (Å²) in [6.07, 6.45) is -4.61. The van der Waals surface area contributed by atoms with Gasteiger partial charge in [0.15, 0.2) is 5.69 Å². The zero-order valence-corrected chi connectivity index (χ0v) is 16.3. The topological polar surface area (TPSA) is 78.0 Å². The first kappa shape index (κ1) is 21.6. The number of nitrogens with zero attached hydrogens (tertiary/aromatic N) is 2. The molecule has 0 amide bonds. The van der Waals surface area contributed by atoms with E-state index in [0.717, 1.165) is 16.3 Å². The lowest BCUT2D eigenvalue weighted by atomic mass is 10.1. The van der Waals surface area contributed by atoms with E-state index < -0.39 is 21.9 Å². The summed E-state index contributed by atoms with van der Waals surface area (Å²) < 4.78 is 63.2. The maximum atomic E-state index is 13.1. The van der Waals surface area contributed by atoms with Crippen molar-refractivity contribution in [2.45, 2.75) is 31.8 Å². The summed E-state index contributed by atoms with van der Waals surface area (Å²) >= 11 is 0. The lowest BCUT2D eigenvalue weighted by molar-refractivity contribution is -0.141. The van der Waals surface area contributed by atoms with Crippen LogP contribution < -0.4 is 5.14 Å². The summed E-state index contributed by atoms with van der Waals surface area (Å²) in [7, 11) is -3.90. The average molecular weight is 411 g/mol. The second-order valence-electron chi connectivity index (χ2n) is 5.73. The Bertz CT molecular complexity index is 1040. The van der Waals surface area contributed by atoms with Gasteiger partial charge in [0.25, 0.3) is 0 Å². The number of aromatic nitrogens is 2. The van der Waals surface area contributed by atoms with E-state index in [4.69, 9.17) is 5.14 Å². The fourth-order valence-electron chi connectivity index (χ4n) is 2.42. The van der Waals surface area contributed by atoms with Crippen LogP contribution in [0.3, 0.4) is 0 Å². The summed E-state index contributed by atoms with van der Waals surface area (Å²) in [4.78, 5) is -0.138. The average Bonchev–Trinajstić information content (AvgIpc) is 3.09. The second kappa shape index (κ2) is 8.15. The van der Waals surface area contributed by atoms with Gasteiger partial charge in [-0.2, -0.15) is 18.3 Å². The fourth-order valence-corrected chi connectivity index (χ4v) is 2.94. The minimum atomic E-state index is -4.61. The second-order valence-corrected chi connectivity index (χ2v) is 7.29. The van der Waals surface area contributed by atoms with Gasteiger partial charge in [0.05, 0.1) is 16.3 Å². The van der Waals surface area contributed by atoms with Gasteiger partial charge in [0.2, 0.25) is 10.0 Å². The Labute approximate surface area is 161 Å². The first-order valence-corrected chi connectivity index (χ1v) is 9.98. The van der Waals surface area contributed by atoms with Gasteiger partial charge in [-0.3, -0.25) is 0 Å². The molecule has 1 heterocycles. The summed E-state index contributed by atoms with van der Waals surface area (Å²) in [5.41, 5.74) is 0.996. The van der Waals surface area contributed by atoms with Crippen molar-refractivity contribution >= 4 is 10.0 Å². The number of aryl methyl sites for hydroxylation is 1. The normalized spacial score (nSPS) is 11.7. The number of nitrogens with two attached hydrogens (primary N) is 1. The van der Waals surface area contributed by atoms with Crippen molar-refractivity contribution in [3.63, 3.8) is 0 Å². The summed E-state index contributed by atoms with van der Waals surface area (Å²) in [6, 6.07) is 13.1. The third-order valence-electron chi connectivity index (χ3n) is 3.76. The van der Waals surface area contributed by atoms with E-state index in [2.05, 4.69) is 5.10 Å². The molecule has 0 saturated heterocycles. The van der Waals surface area contributed by atoms with Crippen LogP contribution in [0.4, 0.5) is 13.2 Å². The van der Waals surface area contributed by atoms with Crippen LogP contribution in [0, 0.1) is 6.92 Å². The smallest absolute Gasteiger partial charge is 0.233 e. The van der Waals surface area contributed by atoms with E-state index in [1.165, 1.54) is 24.3 Å². The molecule has 3 aromatic rings. The molecule has 2 N–H and O–H groups in total. The first-order chi connectivity index (χ1) is 13.1. The first-order valence-electron chi connectivity index (χ1n) is 8.43. The van der Waals surface area contributed by atoms with Crippen LogP contribution in [0.5, 0.6) is 0 Å². The van der Waals surface area contributed by atoms with Crippen LogP contribution in [0.2, 0.25) is 0 Å². The van der Waals surface area contributed by atoms with Crippen molar-refractivity contribution in [2.75, 3.05) is 0 Å². The highest BCUT2D eigenvalue weighted by Gasteiger charge is 2.35. The standard InChI is InChI=1S/C17H14F3N3O2S.C2H6/c1-11-2-4-12(5-3-11)15-10-16(17(18,19)20)22-23(15)13-6-8-14(9-7-13)26(21,24)25;1-2/h2-10H,1H3,(H2,21,24,25);1-2H3. The SMILES string of the molecule is CC.Cc1ccc(-c2cc(C(F)(F)F)nn2-c2ccc(S(N)(=O)=O)cc2)cc1. The zero-order chi connectivity index (χ0) is 21.1. The molecule has 5 nitrogen and oxygen atoms in total. The summed E-state index contributed by atoms with van der Waals surface area (Å²) in [6.45, 7) is 5.87. The number of rotatable bonds is 3. The molecule has 0 radical (unpaired) electrons. The molecule has 0 bridgehead atoms. The zero-order valence-electron chi connectivity index (χ0n) is 15.5. The molecule has 150 valence electrons. The van der Waals surface area contributed by atoms with Crippen molar-refractivity contribution in [1.82, 2.24) is 9.78 Å². The van der Waals surface area contributed by atoms with Gasteiger partial charge < -0.3 is 0 Å². The number of sulfonamides is 1. The Hall–Kier alpha value is -2.65. The maximum Gasteiger partial charge on any atom is 0.435 e. The molecule has 0 saturated carbocycles. The van der Waals surface area contributed by atoms with E-state index in [9.17, 15) is 21.6 Å². The van der Waals surface area contributed by atoms with Crippen molar-refractivity contribution in [1.29, 1.82) is 0 Å². The quantitative estimate of drug-likeness (QED) is 0.687. The number of alkyl halides is 3. The third kappa shape index (κ3) is 4.79. The molecule has 0 unspecified atom stereocenters. The van der Waals surface area contributed by atoms with Crippen molar-refractivity contribution in [3.05, 3.63) is 65.9 Å². The van der Waals surface area contributed by atoms with Crippen molar-refractivity contribution in [2.24, 2.45) is 5.14 Å². The monoisotopic (exact) mass is 411 g/mol. The molecule has 0 spiro atoms. The molecule has 0 aliphatic carbocycles. The third-order valence-corrected chi connectivity index (χ3v) is 4.69. The van der Waals surface area contributed by atoms with Gasteiger partial charge in [0, 0.05) is 5.56 Å². The van der Waals surface area contributed by atoms with E-state index in [1.807, 2.05) is 20.8 Å². The Kier molecular flexibility index (Phi) is 6.30. The van der Waals surface area contributed by atoms with Crippen molar-refractivity contribution < 1.29 is 21.6 Å². The molecule has 1 aromatic heterocycles. The molecule has 0 fully saturated rings. The predicted octanol–water partition coefficient (Wildman–Crippen LogP) is 4.54. The van der Waals surface area contributed by atoms with Gasteiger partial charge in [-0.25, -0.2) is 18.2 Å². The van der Waals surface area contributed by atoms with E-state index in [-0.39, 0.29) is 16.3 Å². The van der Waals surface area contributed by atoms with Crippen LogP contribution >= 0.6 is 0 Å². The maximum absolute atomic E-state index is 13.1. The van der Waals surface area contributed by atoms with Crippen LogP contribution in [0.1, 0.15) is 25.1 Å². The van der Waals surface area contributed by atoms with Crippen molar-refractivity contribution in [3.8, 4) is 16.9 Å². The summed E-state index contributed by atoms with van der Waals surface area (Å²) in [5.74, 6) is 0. The molecular formula is C19H20F3N3O2S. The molecule has 2 aromatic carbocycles. The highest BCUT2D eigenvalue weighted by molar-refractivity contribution is 7.89. The predicted molar refractivity (Wildman–Crippen MR) is 101 cm³/mol. The minimum absolute atomic E-state index is 0.138. The number of hydrogen-bond acceptors (Lipinski definition) is 3. The van der Waals surface area contributed by atoms with Crippen LogP contribution in [-0.2, 0) is 16.2 Å². The molecule has 0 aliphatic rings. The van der Waals surface area contributed by atoms with Gasteiger partial charge >= 0.3 is 6.18 Å². The van der Waals surface area contributed by atoms with E-state index in [1.54, 1.807) is 24.3 Å². The Balaban J connectivity index is 0.00000136. The minimum Gasteiger partial charge on any atom is -0.233 e. The van der Waals surface area contributed by atoms with Crippen LogP contribution in [-0.4, -0.2) is 18.2 Å². The summed E-state index contributed by atoms with van der Waals surface area (Å²) in [5, 5.41) is 8.70. The molecule has 28 heavy (non-hydrogen) atoms. The van der Waals surface area contributed by atoms with Gasteiger partial charge in [-0.05, 0) is 37.3 Å². The van der Waals surface area contributed by atoms with E-state index in [0.29, 0.717) is 5.56 Å². The molecule has 0 atom stereocenters. The lowest BCUT2D eigenvalue weighted by Gasteiger charge is -2.09. The fraction of sp³-hybridized carbons (Fsp3) is 0.211. The highest BCUT2D eigenvalue weighted by atomic mass is 32.2. The largest absolute Gasteiger partial charge is 0.435 e. The number of halogens is 3. The number of hydrogen-bond donors (Lipinski definition) is 1. The Morgan fingerprint density at radius 2 is 1.50 bits per heavy atom. The molecule has 3 rings (SSSR count).